The Morgan fingerprint density at radius 2 is 1.43 bits per heavy atom. The van der Waals surface area contributed by atoms with Gasteiger partial charge in [0.05, 0.1) is 0 Å². The van der Waals surface area contributed by atoms with Gasteiger partial charge in [-0.3, -0.25) is 4.79 Å². The lowest BCUT2D eigenvalue weighted by Crippen LogP contribution is -1.93. The fourth-order valence-electron chi connectivity index (χ4n) is 2.16. The van der Waals surface area contributed by atoms with Crippen molar-refractivity contribution in [2.45, 2.75) is 62.7 Å². The van der Waals surface area contributed by atoms with Crippen LogP contribution in [0.15, 0.2) is 29.2 Å². The number of hydrogen-bond acceptors (Lipinski definition) is 2. The molecule has 2 nitrogen and oxygen atoms in total. The lowest BCUT2D eigenvalue weighted by atomic mass is 10.1. The zero-order chi connectivity index (χ0) is 15.3. The Morgan fingerprint density at radius 1 is 0.905 bits per heavy atom. The first-order chi connectivity index (χ1) is 10.2. The van der Waals surface area contributed by atoms with E-state index < -0.39 is 5.97 Å². The van der Waals surface area contributed by atoms with Crippen LogP contribution in [0.2, 0.25) is 5.02 Å². The van der Waals surface area contributed by atoms with Crippen molar-refractivity contribution in [1.82, 2.24) is 0 Å². The summed E-state index contributed by atoms with van der Waals surface area (Å²) < 4.78 is 0. The molecule has 0 radical (unpaired) electrons. The van der Waals surface area contributed by atoms with Gasteiger partial charge in [0, 0.05) is 16.3 Å². The molecule has 1 aromatic carbocycles. The van der Waals surface area contributed by atoms with Crippen LogP contribution < -0.4 is 0 Å². The van der Waals surface area contributed by atoms with Crippen LogP contribution in [-0.2, 0) is 4.79 Å². The molecular formula is C17H25ClO2S. The van der Waals surface area contributed by atoms with E-state index in [1.807, 2.05) is 23.9 Å². The molecule has 0 bridgehead atoms. The molecule has 0 atom stereocenters. The molecule has 0 heterocycles. The van der Waals surface area contributed by atoms with Crippen molar-refractivity contribution in [3.63, 3.8) is 0 Å². The average Bonchev–Trinajstić information content (AvgIpc) is 2.46. The van der Waals surface area contributed by atoms with Gasteiger partial charge in [0.15, 0.2) is 0 Å². The molecule has 0 aliphatic rings. The first-order valence-electron chi connectivity index (χ1n) is 7.78. The van der Waals surface area contributed by atoms with Crippen molar-refractivity contribution in [3.8, 4) is 0 Å². The van der Waals surface area contributed by atoms with Crippen molar-refractivity contribution < 1.29 is 9.90 Å². The highest BCUT2D eigenvalue weighted by Gasteiger charge is 1.97. The largest absolute Gasteiger partial charge is 0.481 e. The topological polar surface area (TPSA) is 37.3 Å². The number of carboxylic acid groups (broad SMARTS) is 1. The molecule has 0 amide bonds. The van der Waals surface area contributed by atoms with Crippen molar-refractivity contribution >= 4 is 29.3 Å². The van der Waals surface area contributed by atoms with Gasteiger partial charge in [-0.1, -0.05) is 50.1 Å². The maximum atomic E-state index is 10.3. The molecular weight excluding hydrogens is 304 g/mol. The Kier molecular flexibility index (Phi) is 10.4. The van der Waals surface area contributed by atoms with Crippen LogP contribution in [0, 0.1) is 0 Å². The zero-order valence-electron chi connectivity index (χ0n) is 12.5. The third-order valence-corrected chi connectivity index (χ3v) is 4.72. The van der Waals surface area contributed by atoms with Crippen LogP contribution >= 0.6 is 23.4 Å². The van der Waals surface area contributed by atoms with Crippen molar-refractivity contribution in [1.29, 1.82) is 0 Å². The fourth-order valence-corrected chi connectivity index (χ4v) is 3.20. The molecule has 0 aliphatic carbocycles. The number of rotatable bonds is 12. The number of aliphatic carboxylic acids is 1. The van der Waals surface area contributed by atoms with Gasteiger partial charge in [-0.05, 0) is 42.9 Å². The van der Waals surface area contributed by atoms with E-state index in [0.717, 1.165) is 17.9 Å². The monoisotopic (exact) mass is 328 g/mol. The smallest absolute Gasteiger partial charge is 0.303 e. The van der Waals surface area contributed by atoms with Gasteiger partial charge in [-0.15, -0.1) is 11.8 Å². The van der Waals surface area contributed by atoms with Gasteiger partial charge in [-0.25, -0.2) is 0 Å². The highest BCUT2D eigenvalue weighted by atomic mass is 35.5. The minimum Gasteiger partial charge on any atom is -0.481 e. The standard InChI is InChI=1S/C17H25ClO2S/c18-15-10-12-16(13-11-15)21-14-8-6-4-2-1-3-5-7-9-17(19)20/h10-13H,1-9,14H2,(H,19,20). The number of hydrogen-bond donors (Lipinski definition) is 1. The number of halogens is 1. The third kappa shape index (κ3) is 10.7. The molecule has 0 aromatic heterocycles. The SMILES string of the molecule is O=C(O)CCCCCCCCCCSc1ccc(Cl)cc1. The first-order valence-corrected chi connectivity index (χ1v) is 9.15. The van der Waals surface area contributed by atoms with E-state index in [-0.39, 0.29) is 0 Å². The van der Waals surface area contributed by atoms with Crippen LogP contribution in [0.4, 0.5) is 0 Å². The summed E-state index contributed by atoms with van der Waals surface area (Å²) in [6.45, 7) is 0. The summed E-state index contributed by atoms with van der Waals surface area (Å²) in [5.74, 6) is 0.494. The predicted molar refractivity (Wildman–Crippen MR) is 91.4 cm³/mol. The first kappa shape index (κ1) is 18.4. The number of unbranched alkanes of at least 4 members (excludes halogenated alkanes) is 7. The lowest BCUT2D eigenvalue weighted by molar-refractivity contribution is -0.137. The van der Waals surface area contributed by atoms with Gasteiger partial charge in [0.25, 0.3) is 0 Å². The number of carboxylic acids is 1. The summed E-state index contributed by atoms with van der Waals surface area (Å²) in [7, 11) is 0. The summed E-state index contributed by atoms with van der Waals surface area (Å²) in [5, 5.41) is 9.32. The molecule has 0 spiro atoms. The molecule has 0 fully saturated rings. The fraction of sp³-hybridized carbons (Fsp3) is 0.588. The number of carbonyl (C=O) groups is 1. The normalized spacial score (nSPS) is 10.7. The van der Waals surface area contributed by atoms with Crippen LogP contribution in [0.25, 0.3) is 0 Å². The Hall–Kier alpha value is -0.670. The zero-order valence-corrected chi connectivity index (χ0v) is 14.1. The van der Waals surface area contributed by atoms with Crippen molar-refractivity contribution in [2.24, 2.45) is 0 Å². The predicted octanol–water partition coefficient (Wildman–Crippen LogP) is 6.03. The Morgan fingerprint density at radius 3 is 2.00 bits per heavy atom. The van der Waals surface area contributed by atoms with Gasteiger partial charge >= 0.3 is 5.97 Å². The second-order valence-corrected chi connectivity index (χ2v) is 6.88. The van der Waals surface area contributed by atoms with Gasteiger partial charge < -0.3 is 5.11 Å². The molecule has 0 unspecified atom stereocenters. The van der Waals surface area contributed by atoms with Crippen molar-refractivity contribution in [2.75, 3.05) is 5.75 Å². The maximum Gasteiger partial charge on any atom is 0.303 e. The molecule has 118 valence electrons. The Labute approximate surface area is 137 Å². The molecule has 0 aliphatic heterocycles. The van der Waals surface area contributed by atoms with E-state index in [2.05, 4.69) is 12.1 Å². The highest BCUT2D eigenvalue weighted by molar-refractivity contribution is 7.99. The van der Waals surface area contributed by atoms with Crippen molar-refractivity contribution in [3.05, 3.63) is 29.3 Å². The van der Waals surface area contributed by atoms with E-state index >= 15 is 0 Å². The van der Waals surface area contributed by atoms with Crippen LogP contribution in [0.1, 0.15) is 57.8 Å². The summed E-state index contributed by atoms with van der Waals surface area (Å²) in [6.07, 6.45) is 9.73. The van der Waals surface area contributed by atoms with E-state index in [9.17, 15) is 4.79 Å². The van der Waals surface area contributed by atoms with Crippen LogP contribution in [-0.4, -0.2) is 16.8 Å². The lowest BCUT2D eigenvalue weighted by Gasteiger charge is -2.03. The summed E-state index contributed by atoms with van der Waals surface area (Å²) in [4.78, 5) is 11.6. The summed E-state index contributed by atoms with van der Waals surface area (Å²) in [6, 6.07) is 8.02. The van der Waals surface area contributed by atoms with Gasteiger partial charge in [0.2, 0.25) is 0 Å². The van der Waals surface area contributed by atoms with E-state index in [4.69, 9.17) is 16.7 Å². The van der Waals surface area contributed by atoms with E-state index in [0.29, 0.717) is 6.42 Å². The molecule has 0 saturated carbocycles. The minimum atomic E-state index is -0.673. The quantitative estimate of drug-likeness (QED) is 0.376. The third-order valence-electron chi connectivity index (χ3n) is 3.37. The minimum absolute atomic E-state index is 0.321. The molecule has 0 saturated heterocycles. The van der Waals surface area contributed by atoms with E-state index in [1.54, 1.807) is 0 Å². The maximum absolute atomic E-state index is 10.3. The average molecular weight is 329 g/mol. The molecule has 1 N–H and O–H groups in total. The molecule has 4 heteroatoms. The van der Waals surface area contributed by atoms with Crippen LogP contribution in [0.3, 0.4) is 0 Å². The second kappa shape index (κ2) is 11.9. The Balaban J connectivity index is 1.84. The molecule has 1 rings (SSSR count). The van der Waals surface area contributed by atoms with Gasteiger partial charge in [-0.2, -0.15) is 0 Å². The molecule has 1 aromatic rings. The van der Waals surface area contributed by atoms with Crippen LogP contribution in [0.5, 0.6) is 0 Å². The second-order valence-electron chi connectivity index (χ2n) is 5.27. The Bertz CT molecular complexity index is 392. The van der Waals surface area contributed by atoms with Gasteiger partial charge in [0.1, 0.15) is 0 Å². The summed E-state index contributed by atoms with van der Waals surface area (Å²) in [5.41, 5.74) is 0. The van der Waals surface area contributed by atoms with E-state index in [1.165, 1.54) is 49.2 Å². The number of benzene rings is 1. The number of thioether (sulfide) groups is 1. The highest BCUT2D eigenvalue weighted by Crippen LogP contribution is 2.22. The summed E-state index contributed by atoms with van der Waals surface area (Å²) >= 11 is 7.75. The molecule has 21 heavy (non-hydrogen) atoms.